The van der Waals surface area contributed by atoms with E-state index in [4.69, 9.17) is 25.8 Å². The summed E-state index contributed by atoms with van der Waals surface area (Å²) in [5.41, 5.74) is 1.35. The lowest BCUT2D eigenvalue weighted by Gasteiger charge is -2.31. The first-order chi connectivity index (χ1) is 20.5. The van der Waals surface area contributed by atoms with E-state index in [-0.39, 0.29) is 31.0 Å². The van der Waals surface area contributed by atoms with Gasteiger partial charge in [-0.3, -0.25) is 9.59 Å². The lowest BCUT2D eigenvalue weighted by atomic mass is 10.1. The minimum Gasteiger partial charge on any atom is -0.493 e. The molecule has 1 aliphatic heterocycles. The molecule has 13 heteroatoms. The lowest BCUT2D eigenvalue weighted by Crippen LogP contribution is -2.45. The summed E-state index contributed by atoms with van der Waals surface area (Å²) in [4.78, 5) is 31.1. The largest absolute Gasteiger partial charge is 0.493 e. The van der Waals surface area contributed by atoms with Crippen LogP contribution in [-0.2, 0) is 27.4 Å². The van der Waals surface area contributed by atoms with E-state index in [0.29, 0.717) is 46.6 Å². The summed E-state index contributed by atoms with van der Waals surface area (Å²) in [6.07, 6.45) is 1.80. The number of carbonyl (C=O) groups excluding carboxylic acids is 2. The first-order valence-corrected chi connectivity index (χ1v) is 14.7. The Morgan fingerprint density at radius 2 is 2.00 bits per heavy atom. The summed E-state index contributed by atoms with van der Waals surface area (Å²) in [5.74, 6) is 0.714. The summed E-state index contributed by atoms with van der Waals surface area (Å²) < 4.78 is 16.4. The topological polar surface area (TPSA) is 121 Å². The highest BCUT2D eigenvalue weighted by atomic mass is 35.5. The second-order valence-electron chi connectivity index (χ2n) is 9.62. The molecular formula is C29H31ClN6O5S. The average molecular weight is 611 g/mol. The number of aromatic nitrogens is 4. The Kier molecular flexibility index (Phi) is 9.67. The first kappa shape index (κ1) is 29.5. The number of ether oxygens (including phenoxy) is 3. The molecule has 3 heterocycles. The van der Waals surface area contributed by atoms with Crippen molar-refractivity contribution in [3.8, 4) is 22.9 Å². The molecule has 0 unspecified atom stereocenters. The second kappa shape index (κ2) is 13.8. The van der Waals surface area contributed by atoms with Gasteiger partial charge >= 0.3 is 0 Å². The van der Waals surface area contributed by atoms with E-state index >= 15 is 0 Å². The van der Waals surface area contributed by atoms with Gasteiger partial charge < -0.3 is 24.4 Å². The lowest BCUT2D eigenvalue weighted by molar-refractivity contribution is -0.142. The molecule has 42 heavy (non-hydrogen) atoms. The fourth-order valence-corrected chi connectivity index (χ4v) is 5.76. The molecule has 0 aliphatic carbocycles. The van der Waals surface area contributed by atoms with Crippen LogP contribution in [0, 0.1) is 0 Å². The third-order valence-electron chi connectivity index (χ3n) is 6.89. The van der Waals surface area contributed by atoms with Crippen LogP contribution in [0.4, 0.5) is 0 Å². The summed E-state index contributed by atoms with van der Waals surface area (Å²) in [5, 5.41) is 18.0. The zero-order chi connectivity index (χ0) is 29.5. The molecule has 5 rings (SSSR count). The number of nitrogens with zero attached hydrogens (tertiary/aromatic N) is 5. The number of rotatable bonds is 12. The van der Waals surface area contributed by atoms with Gasteiger partial charge in [-0.2, -0.15) is 4.80 Å². The van der Waals surface area contributed by atoms with Crippen molar-refractivity contribution in [3.63, 3.8) is 0 Å². The van der Waals surface area contributed by atoms with Crippen molar-refractivity contribution < 1.29 is 23.8 Å². The van der Waals surface area contributed by atoms with Gasteiger partial charge in [-0.1, -0.05) is 35.9 Å². The minimum atomic E-state index is -0.899. The van der Waals surface area contributed by atoms with Crippen LogP contribution < -0.4 is 14.8 Å². The molecule has 0 bridgehead atoms. The monoisotopic (exact) mass is 610 g/mol. The summed E-state index contributed by atoms with van der Waals surface area (Å²) >= 11 is 7.90. The SMILES string of the molecule is COc1ccc(-c2nnn(CC(=O)N(Cc3ccccc3Cl)[C@H](C(=O)NC[C@@H]3CCCO3)c3cccs3)n2)cc1OC. The Bertz CT molecular complexity index is 1510. The van der Waals surface area contributed by atoms with E-state index in [2.05, 4.69) is 20.7 Å². The molecule has 2 atom stereocenters. The number of carbonyl (C=O) groups is 2. The Morgan fingerprint density at radius 3 is 2.71 bits per heavy atom. The molecule has 2 aromatic carbocycles. The van der Waals surface area contributed by atoms with Crippen LogP contribution in [-0.4, -0.2) is 70.4 Å². The van der Waals surface area contributed by atoms with Crippen molar-refractivity contribution in [1.82, 2.24) is 30.4 Å². The van der Waals surface area contributed by atoms with E-state index in [1.165, 1.54) is 21.0 Å². The normalized spacial score (nSPS) is 15.3. The van der Waals surface area contributed by atoms with Crippen LogP contribution in [0.1, 0.15) is 29.3 Å². The van der Waals surface area contributed by atoms with Crippen LogP contribution in [0.5, 0.6) is 11.5 Å². The zero-order valence-electron chi connectivity index (χ0n) is 23.2. The van der Waals surface area contributed by atoms with E-state index in [9.17, 15) is 9.59 Å². The number of amides is 2. The van der Waals surface area contributed by atoms with Crippen LogP contribution in [0.3, 0.4) is 0 Å². The average Bonchev–Trinajstić information content (AvgIpc) is 3.80. The molecule has 0 radical (unpaired) electrons. The number of methoxy groups -OCH3 is 2. The van der Waals surface area contributed by atoms with Crippen LogP contribution in [0.25, 0.3) is 11.4 Å². The maximum absolute atomic E-state index is 14.0. The smallest absolute Gasteiger partial charge is 0.248 e. The maximum atomic E-state index is 14.0. The van der Waals surface area contributed by atoms with Gasteiger partial charge in [0.05, 0.1) is 20.3 Å². The molecule has 1 fully saturated rings. The van der Waals surface area contributed by atoms with Gasteiger partial charge in [0.2, 0.25) is 17.6 Å². The van der Waals surface area contributed by atoms with Gasteiger partial charge in [-0.15, -0.1) is 21.5 Å². The molecule has 0 spiro atoms. The van der Waals surface area contributed by atoms with Crippen LogP contribution >= 0.6 is 22.9 Å². The van der Waals surface area contributed by atoms with Gasteiger partial charge in [-0.25, -0.2) is 0 Å². The Hall–Kier alpha value is -4.00. The Balaban J connectivity index is 1.42. The number of hydrogen-bond acceptors (Lipinski definition) is 9. The summed E-state index contributed by atoms with van der Waals surface area (Å²) in [6.45, 7) is 0.910. The van der Waals surface area contributed by atoms with Gasteiger partial charge in [0.1, 0.15) is 12.6 Å². The number of benzene rings is 2. The third kappa shape index (κ3) is 6.89. The van der Waals surface area contributed by atoms with Crippen molar-refractivity contribution in [3.05, 3.63) is 75.4 Å². The zero-order valence-corrected chi connectivity index (χ0v) is 24.8. The van der Waals surface area contributed by atoms with Crippen molar-refractivity contribution in [2.24, 2.45) is 0 Å². The molecule has 11 nitrogen and oxygen atoms in total. The van der Waals surface area contributed by atoms with Crippen LogP contribution in [0.15, 0.2) is 60.0 Å². The van der Waals surface area contributed by atoms with Crippen molar-refractivity contribution in [2.75, 3.05) is 27.4 Å². The Labute approximate surface area is 252 Å². The van der Waals surface area contributed by atoms with Gasteiger partial charge in [-0.05, 0) is 59.3 Å². The molecule has 220 valence electrons. The van der Waals surface area contributed by atoms with Crippen molar-refractivity contribution >= 4 is 34.8 Å². The second-order valence-corrected chi connectivity index (χ2v) is 11.0. The van der Waals surface area contributed by atoms with Gasteiger partial charge in [0.15, 0.2) is 11.5 Å². The highest BCUT2D eigenvalue weighted by molar-refractivity contribution is 7.10. The number of tetrazole rings is 1. The number of thiophene rings is 1. The van der Waals surface area contributed by atoms with Crippen molar-refractivity contribution in [1.29, 1.82) is 0 Å². The molecule has 1 aliphatic rings. The molecular weight excluding hydrogens is 580 g/mol. The third-order valence-corrected chi connectivity index (χ3v) is 8.18. The fourth-order valence-electron chi connectivity index (χ4n) is 4.73. The highest BCUT2D eigenvalue weighted by Gasteiger charge is 2.34. The first-order valence-electron chi connectivity index (χ1n) is 13.4. The predicted molar refractivity (Wildman–Crippen MR) is 157 cm³/mol. The standard InChI is InChI=1S/C29H31ClN6O5S/c1-39-23-12-11-19(15-24(23)40-2)28-32-34-36(33-28)18-26(37)35(17-20-7-3-4-9-22(20)30)27(25-10-6-14-42-25)29(38)31-16-21-8-5-13-41-21/h3-4,6-7,9-12,14-15,21,27H,5,8,13,16-18H2,1-2H3,(H,31,38)/t21-,27-/m0/s1. The molecule has 2 aromatic heterocycles. The van der Waals surface area contributed by atoms with E-state index in [1.807, 2.05) is 35.7 Å². The highest BCUT2D eigenvalue weighted by Crippen LogP contribution is 2.32. The van der Waals surface area contributed by atoms with E-state index in [0.717, 1.165) is 17.7 Å². The quantitative estimate of drug-likeness (QED) is 0.254. The Morgan fingerprint density at radius 1 is 1.17 bits per heavy atom. The van der Waals surface area contributed by atoms with Crippen molar-refractivity contribution in [2.45, 2.75) is 38.1 Å². The van der Waals surface area contributed by atoms with Gasteiger partial charge in [0.25, 0.3) is 0 Å². The predicted octanol–water partition coefficient (Wildman–Crippen LogP) is 4.14. The fraction of sp³-hybridized carbons (Fsp3) is 0.345. The van der Waals surface area contributed by atoms with E-state index < -0.39 is 6.04 Å². The molecule has 0 saturated carbocycles. The van der Waals surface area contributed by atoms with E-state index in [1.54, 1.807) is 38.5 Å². The maximum Gasteiger partial charge on any atom is 0.248 e. The number of nitrogens with one attached hydrogen (secondary N) is 1. The molecule has 1 N–H and O–H groups in total. The number of hydrogen-bond donors (Lipinski definition) is 1. The molecule has 2 amide bonds. The van der Waals surface area contributed by atoms with Crippen LogP contribution in [0.2, 0.25) is 5.02 Å². The van der Waals surface area contributed by atoms with Gasteiger partial charge in [0, 0.05) is 35.2 Å². The summed E-state index contributed by atoms with van der Waals surface area (Å²) in [7, 11) is 3.09. The summed E-state index contributed by atoms with van der Waals surface area (Å²) in [6, 6.07) is 15.3. The molecule has 4 aromatic rings. The minimum absolute atomic E-state index is 0.0417. The number of halogens is 1. The molecule has 1 saturated heterocycles.